The lowest BCUT2D eigenvalue weighted by Gasteiger charge is -2.33. The first-order valence-corrected chi connectivity index (χ1v) is 8.78. The summed E-state index contributed by atoms with van der Waals surface area (Å²) in [6.45, 7) is 9.13. The fourth-order valence-electron chi connectivity index (χ4n) is 2.99. The van der Waals surface area contributed by atoms with E-state index in [0.29, 0.717) is 12.0 Å². The van der Waals surface area contributed by atoms with E-state index >= 15 is 0 Å². The van der Waals surface area contributed by atoms with Gasteiger partial charge in [-0.1, -0.05) is 29.8 Å². The van der Waals surface area contributed by atoms with Crippen LogP contribution in [0.4, 0.5) is 0 Å². The van der Waals surface area contributed by atoms with Gasteiger partial charge in [-0.25, -0.2) is 4.98 Å². The summed E-state index contributed by atoms with van der Waals surface area (Å²) < 4.78 is 0. The van der Waals surface area contributed by atoms with Gasteiger partial charge in [0.1, 0.15) is 0 Å². The highest BCUT2D eigenvalue weighted by Gasteiger charge is 2.24. The Hall–Kier alpha value is -1.19. The van der Waals surface area contributed by atoms with E-state index in [1.807, 2.05) is 11.3 Å². The van der Waals surface area contributed by atoms with Gasteiger partial charge in [-0.3, -0.25) is 0 Å². The summed E-state index contributed by atoms with van der Waals surface area (Å²) in [4.78, 5) is 7.48. The molecule has 21 heavy (non-hydrogen) atoms. The van der Waals surface area contributed by atoms with Crippen molar-refractivity contribution in [1.29, 1.82) is 0 Å². The molecule has 2 aromatic rings. The van der Waals surface area contributed by atoms with Gasteiger partial charge in [-0.05, 0) is 46.7 Å². The molecule has 0 amide bonds. The number of hydrogen-bond acceptors (Lipinski definition) is 3. The number of piperidine rings is 1. The van der Waals surface area contributed by atoms with Gasteiger partial charge in [0.15, 0.2) is 0 Å². The molecule has 3 rings (SSSR count). The van der Waals surface area contributed by atoms with Crippen LogP contribution >= 0.6 is 11.3 Å². The molecule has 1 aromatic carbocycles. The summed E-state index contributed by atoms with van der Waals surface area (Å²) >= 11 is 1.84. The van der Waals surface area contributed by atoms with E-state index in [4.69, 9.17) is 4.98 Å². The van der Waals surface area contributed by atoms with Crippen LogP contribution in [0.3, 0.4) is 0 Å². The number of nitrogens with zero attached hydrogens (tertiary/aromatic N) is 2. The lowest BCUT2D eigenvalue weighted by atomic mass is 9.96. The molecule has 0 unspecified atom stereocenters. The van der Waals surface area contributed by atoms with Crippen molar-refractivity contribution < 1.29 is 0 Å². The molecular weight excluding hydrogens is 276 g/mol. The molecule has 0 radical (unpaired) electrons. The van der Waals surface area contributed by atoms with Crippen molar-refractivity contribution in [3.05, 3.63) is 40.2 Å². The van der Waals surface area contributed by atoms with Crippen molar-refractivity contribution in [2.24, 2.45) is 0 Å². The van der Waals surface area contributed by atoms with Gasteiger partial charge in [0, 0.05) is 22.9 Å². The predicted octanol–water partition coefficient (Wildman–Crippen LogP) is 4.71. The Bertz CT molecular complexity index is 578. The summed E-state index contributed by atoms with van der Waals surface area (Å²) in [6.07, 6.45) is 2.50. The highest BCUT2D eigenvalue weighted by atomic mass is 32.1. The molecule has 2 nitrogen and oxygen atoms in total. The first kappa shape index (κ1) is 14.7. The van der Waals surface area contributed by atoms with Crippen LogP contribution in [0.2, 0.25) is 0 Å². The fourth-order valence-corrected chi connectivity index (χ4v) is 4.00. The van der Waals surface area contributed by atoms with Gasteiger partial charge in [0.2, 0.25) is 0 Å². The molecule has 3 heteroatoms. The minimum absolute atomic E-state index is 0.657. The molecule has 0 N–H and O–H groups in total. The number of thiazole rings is 1. The quantitative estimate of drug-likeness (QED) is 0.816. The van der Waals surface area contributed by atoms with Crippen LogP contribution in [0, 0.1) is 6.92 Å². The average molecular weight is 300 g/mol. The third-order valence-corrected chi connectivity index (χ3v) is 5.49. The van der Waals surface area contributed by atoms with E-state index in [9.17, 15) is 0 Å². The number of aromatic nitrogens is 1. The summed E-state index contributed by atoms with van der Waals surface area (Å²) in [6, 6.07) is 9.35. The second-order valence-electron chi connectivity index (χ2n) is 6.34. The third-order valence-electron chi connectivity index (χ3n) is 4.48. The lowest BCUT2D eigenvalue weighted by Crippen LogP contribution is -2.37. The second kappa shape index (κ2) is 6.29. The first-order valence-electron chi connectivity index (χ1n) is 7.90. The molecule has 0 aliphatic carbocycles. The van der Waals surface area contributed by atoms with E-state index < -0.39 is 0 Å². The van der Waals surface area contributed by atoms with Crippen LogP contribution in [-0.2, 0) is 0 Å². The van der Waals surface area contributed by atoms with Crippen molar-refractivity contribution in [3.63, 3.8) is 0 Å². The zero-order chi connectivity index (χ0) is 14.8. The maximum atomic E-state index is 4.90. The summed E-state index contributed by atoms with van der Waals surface area (Å²) in [5.41, 5.74) is 3.68. The Morgan fingerprint density at radius 3 is 2.43 bits per heavy atom. The molecule has 0 bridgehead atoms. The molecule has 0 spiro atoms. The Balaban J connectivity index is 1.70. The van der Waals surface area contributed by atoms with Crippen LogP contribution in [0.25, 0.3) is 11.3 Å². The highest BCUT2D eigenvalue weighted by Crippen LogP contribution is 2.33. The summed E-state index contributed by atoms with van der Waals surface area (Å²) in [7, 11) is 0. The molecule has 1 aromatic heterocycles. The molecule has 0 atom stereocenters. The number of likely N-dealkylation sites (tertiary alicyclic amines) is 1. The Labute approximate surface area is 131 Å². The largest absolute Gasteiger partial charge is 0.301 e. The molecule has 1 aliphatic rings. The zero-order valence-corrected chi connectivity index (χ0v) is 14.0. The van der Waals surface area contributed by atoms with Gasteiger partial charge >= 0.3 is 0 Å². The van der Waals surface area contributed by atoms with E-state index in [1.165, 1.54) is 42.1 Å². The fraction of sp³-hybridized carbons (Fsp3) is 0.500. The first-order chi connectivity index (χ1) is 10.1. The van der Waals surface area contributed by atoms with Crippen LogP contribution in [0.5, 0.6) is 0 Å². The van der Waals surface area contributed by atoms with Crippen LogP contribution in [0.1, 0.15) is 43.2 Å². The third kappa shape index (κ3) is 3.35. The molecular formula is C18H24N2S. The van der Waals surface area contributed by atoms with Crippen LogP contribution in [-0.4, -0.2) is 29.0 Å². The molecule has 0 saturated carbocycles. The molecule has 1 aliphatic heterocycles. The highest BCUT2D eigenvalue weighted by molar-refractivity contribution is 7.10. The van der Waals surface area contributed by atoms with Crippen molar-refractivity contribution in [2.75, 3.05) is 13.1 Å². The maximum Gasteiger partial charge on any atom is 0.0964 e. The lowest BCUT2D eigenvalue weighted by molar-refractivity contribution is 0.172. The maximum absolute atomic E-state index is 4.90. The molecule has 2 heterocycles. The van der Waals surface area contributed by atoms with Crippen LogP contribution in [0.15, 0.2) is 29.6 Å². The van der Waals surface area contributed by atoms with Gasteiger partial charge in [-0.2, -0.15) is 0 Å². The standard InChI is InChI=1S/C18H24N2S/c1-13(2)20-10-8-16(9-11-20)18-19-17(12-21-18)15-6-4-14(3)5-7-15/h4-7,12-13,16H,8-11H2,1-3H3. The normalized spacial score (nSPS) is 17.5. The number of hydrogen-bond donors (Lipinski definition) is 0. The topological polar surface area (TPSA) is 16.1 Å². The van der Waals surface area contributed by atoms with E-state index in [1.54, 1.807) is 0 Å². The average Bonchev–Trinajstić information content (AvgIpc) is 2.98. The Kier molecular flexibility index (Phi) is 4.41. The number of benzene rings is 1. The van der Waals surface area contributed by atoms with Crippen molar-refractivity contribution in [1.82, 2.24) is 9.88 Å². The second-order valence-corrected chi connectivity index (χ2v) is 7.23. The smallest absolute Gasteiger partial charge is 0.0964 e. The monoisotopic (exact) mass is 300 g/mol. The van der Waals surface area contributed by atoms with Gasteiger partial charge < -0.3 is 4.90 Å². The predicted molar refractivity (Wildman–Crippen MR) is 91.0 cm³/mol. The summed E-state index contributed by atoms with van der Waals surface area (Å²) in [5.74, 6) is 0.657. The molecule has 112 valence electrons. The SMILES string of the molecule is Cc1ccc(-c2csc(C3CCN(C(C)C)CC3)n2)cc1. The van der Waals surface area contributed by atoms with Crippen molar-refractivity contribution in [2.45, 2.75) is 45.6 Å². The van der Waals surface area contributed by atoms with E-state index in [0.717, 1.165) is 5.69 Å². The van der Waals surface area contributed by atoms with Gasteiger partial charge in [0.05, 0.1) is 10.7 Å². The van der Waals surface area contributed by atoms with Gasteiger partial charge in [-0.15, -0.1) is 11.3 Å². The Morgan fingerprint density at radius 2 is 1.81 bits per heavy atom. The zero-order valence-electron chi connectivity index (χ0n) is 13.2. The van der Waals surface area contributed by atoms with Gasteiger partial charge in [0.25, 0.3) is 0 Å². The number of aryl methyl sites for hydroxylation is 1. The minimum atomic E-state index is 0.657. The minimum Gasteiger partial charge on any atom is -0.301 e. The van der Waals surface area contributed by atoms with Crippen LogP contribution < -0.4 is 0 Å². The van der Waals surface area contributed by atoms with Crippen molar-refractivity contribution >= 4 is 11.3 Å². The van der Waals surface area contributed by atoms with E-state index in [-0.39, 0.29) is 0 Å². The Morgan fingerprint density at radius 1 is 1.14 bits per heavy atom. The summed E-state index contributed by atoms with van der Waals surface area (Å²) in [5, 5.41) is 3.54. The van der Waals surface area contributed by atoms with E-state index in [2.05, 4.69) is 55.3 Å². The molecule has 1 saturated heterocycles. The number of rotatable bonds is 3. The molecule has 1 fully saturated rings. The van der Waals surface area contributed by atoms with Crippen molar-refractivity contribution in [3.8, 4) is 11.3 Å².